The molecule has 576 valence electrons. The molecule has 0 aliphatic carbocycles. The molecule has 14 atom stereocenters. The van der Waals surface area contributed by atoms with Crippen molar-refractivity contribution in [1.82, 2.24) is 0 Å². The van der Waals surface area contributed by atoms with Gasteiger partial charge in [-0.1, -0.05) is 269 Å². The summed E-state index contributed by atoms with van der Waals surface area (Å²) in [4.78, 5) is 21.8. The minimum Gasteiger partial charge on any atom is -0.455 e. The van der Waals surface area contributed by atoms with Crippen molar-refractivity contribution in [3.05, 3.63) is 311 Å². The summed E-state index contributed by atoms with van der Waals surface area (Å²) in [6.07, 6.45) is -9.11. The van der Waals surface area contributed by atoms with Gasteiger partial charge >= 0.3 is 11.9 Å². The summed E-state index contributed by atoms with van der Waals surface area (Å²) in [6.45, 7) is 8.91. The smallest absolute Gasteiger partial charge is 0.305 e. The summed E-state index contributed by atoms with van der Waals surface area (Å²) in [6, 6.07) is 88.6. The van der Waals surface area contributed by atoms with Crippen LogP contribution in [0.15, 0.2) is 267 Å². The Bertz CT molecular complexity index is 4200. The minimum absolute atomic E-state index is 0.0262. The summed E-state index contributed by atoms with van der Waals surface area (Å²) in [7, 11) is 0. The molecule has 0 saturated carbocycles. The van der Waals surface area contributed by atoms with Crippen molar-refractivity contribution in [3.63, 3.8) is 0 Å². The summed E-state index contributed by atoms with van der Waals surface area (Å²) in [5.41, 5.74) is 8.11. The predicted molar refractivity (Wildman–Crippen MR) is 414 cm³/mol. The Morgan fingerprint density at radius 3 is 1.06 bits per heavy atom. The summed E-state index contributed by atoms with van der Waals surface area (Å²) in [5, 5.41) is 45.8. The van der Waals surface area contributed by atoms with Gasteiger partial charge in [0.15, 0.2) is 12.4 Å². The van der Waals surface area contributed by atoms with Gasteiger partial charge in [0.25, 0.3) is 0 Å². The largest absolute Gasteiger partial charge is 0.455 e. The van der Waals surface area contributed by atoms with Crippen LogP contribution >= 0.6 is 0 Å². The van der Waals surface area contributed by atoms with Gasteiger partial charge in [0.2, 0.25) is 6.29 Å². The number of fused-ring (bicyclic) bond motifs is 2. The van der Waals surface area contributed by atoms with Crippen molar-refractivity contribution in [3.8, 4) is 0 Å². The molecule has 10 aromatic carbocycles. The van der Waals surface area contributed by atoms with E-state index >= 15 is 0 Å². The highest BCUT2D eigenvalue weighted by atomic mass is 16.7. The lowest BCUT2D eigenvalue weighted by Crippen LogP contribution is -2.48. The number of esters is 2. The molecule has 9 unspecified atom stereocenters. The maximum absolute atomic E-state index is 11.0. The lowest BCUT2D eigenvalue weighted by molar-refractivity contribution is -0.218. The Balaban J connectivity index is 0.000000196. The van der Waals surface area contributed by atoms with Crippen molar-refractivity contribution in [2.75, 3.05) is 33.0 Å². The molecule has 2 fully saturated rings. The third-order valence-electron chi connectivity index (χ3n) is 18.8. The molecular weight excluding hydrogens is 1380 g/mol. The molecule has 19 nitrogen and oxygen atoms in total. The van der Waals surface area contributed by atoms with Gasteiger partial charge < -0.3 is 82.0 Å². The first-order chi connectivity index (χ1) is 53.3. The van der Waals surface area contributed by atoms with Crippen LogP contribution in [0.4, 0.5) is 0 Å². The Kier molecular flexibility index (Phi) is 33.8. The zero-order chi connectivity index (χ0) is 76.4. The van der Waals surface area contributed by atoms with Crippen LogP contribution in [0.2, 0.25) is 0 Å². The van der Waals surface area contributed by atoms with Crippen molar-refractivity contribution in [2.24, 2.45) is 5.92 Å². The molecule has 4 N–H and O–H groups in total. The molecule has 2 aliphatic rings. The van der Waals surface area contributed by atoms with Crippen LogP contribution in [0.3, 0.4) is 0 Å². The number of hydrogen-bond donors (Lipinski definition) is 4. The molecular formula is C90H102O19. The molecule has 10 aromatic rings. The maximum atomic E-state index is 11.0. The number of benzene rings is 10. The number of aliphatic hydroxyl groups excluding tert-OH is 4. The molecule has 0 radical (unpaired) electrons. The zero-order valence-electron chi connectivity index (χ0n) is 62.3. The lowest BCUT2D eigenvalue weighted by Gasteiger charge is -2.34. The second kappa shape index (κ2) is 44.6. The highest BCUT2D eigenvalue weighted by molar-refractivity contribution is 5.83. The van der Waals surface area contributed by atoms with E-state index in [0.717, 1.165) is 61.7 Å². The summed E-state index contributed by atoms with van der Waals surface area (Å²) in [5.74, 6) is -0.807. The quantitative estimate of drug-likeness (QED) is 0.0263. The van der Waals surface area contributed by atoms with Crippen LogP contribution in [0.25, 0.3) is 21.5 Å². The van der Waals surface area contributed by atoms with E-state index in [1.54, 1.807) is 0 Å². The monoisotopic (exact) mass is 1490 g/mol. The highest BCUT2D eigenvalue weighted by Gasteiger charge is 2.46. The number of carbonyl (C=O) groups excluding carboxylic acids is 2. The molecule has 0 bridgehead atoms. The van der Waals surface area contributed by atoms with Gasteiger partial charge in [-0.3, -0.25) is 9.59 Å². The first-order valence-corrected chi connectivity index (χ1v) is 37.2. The van der Waals surface area contributed by atoms with Gasteiger partial charge in [-0.15, -0.1) is 0 Å². The highest BCUT2D eigenvalue weighted by Crippen LogP contribution is 2.33. The van der Waals surface area contributed by atoms with Crippen molar-refractivity contribution < 1.29 is 91.6 Å². The average molecular weight is 1490 g/mol. The molecule has 0 amide bonds. The van der Waals surface area contributed by atoms with Crippen molar-refractivity contribution >= 4 is 33.5 Å². The van der Waals surface area contributed by atoms with E-state index in [2.05, 4.69) is 60.7 Å². The van der Waals surface area contributed by atoms with Crippen molar-refractivity contribution in [2.45, 2.75) is 167 Å². The van der Waals surface area contributed by atoms with Crippen LogP contribution in [-0.4, -0.2) is 145 Å². The lowest BCUT2D eigenvalue weighted by atomic mass is 9.99. The molecule has 19 heteroatoms. The van der Waals surface area contributed by atoms with Crippen LogP contribution in [0.5, 0.6) is 0 Å². The number of carbonyl (C=O) groups is 2. The Morgan fingerprint density at radius 1 is 0.367 bits per heavy atom. The predicted octanol–water partition coefficient (Wildman–Crippen LogP) is 13.9. The van der Waals surface area contributed by atoms with Gasteiger partial charge in [-0.05, 0) is 84.6 Å². The van der Waals surface area contributed by atoms with Gasteiger partial charge in [-0.25, -0.2) is 0 Å². The fourth-order valence-corrected chi connectivity index (χ4v) is 12.9. The van der Waals surface area contributed by atoms with Crippen molar-refractivity contribution in [1.29, 1.82) is 0 Å². The average Bonchev–Trinajstić information content (AvgIpc) is 1.70. The maximum Gasteiger partial charge on any atom is 0.305 e. The van der Waals surface area contributed by atoms with Gasteiger partial charge in [0.05, 0.1) is 92.0 Å². The summed E-state index contributed by atoms with van der Waals surface area (Å²) >= 11 is 0. The topological polar surface area (TPSA) is 235 Å². The van der Waals surface area contributed by atoms with Crippen LogP contribution in [0, 0.1) is 5.92 Å². The van der Waals surface area contributed by atoms with E-state index in [-0.39, 0.29) is 51.7 Å². The number of aliphatic hydroxyl groups is 4. The van der Waals surface area contributed by atoms with Crippen LogP contribution < -0.4 is 0 Å². The second-order valence-corrected chi connectivity index (χ2v) is 27.0. The van der Waals surface area contributed by atoms with E-state index in [4.69, 9.17) is 61.6 Å². The fourth-order valence-electron chi connectivity index (χ4n) is 12.9. The third-order valence-corrected chi connectivity index (χ3v) is 18.8. The molecule has 109 heavy (non-hydrogen) atoms. The standard InChI is InChI=1S/C42H46O9.C37H38O5.C11H18O5/c43-23-36-39(44)40(45)42(51-36)50-29-38(48-26-31-14-6-2-7-15-31)41(49-27-32-16-8-3-9-17-32)37(47-25-30-12-4-1-5-13-30)28-46-24-33-20-21-34-18-10-11-19-35(34)22-33;38-23-35(40-25-29-12-4-1-5-13-29)37(42-27-31-16-8-3-9-17-31)36(41-26-30-14-6-2-7-15-30)28-39-24-32-20-21-33-18-10-11-19-34(33)22-32;1-5-9-6(2)10(14-7(3)12)11(16-9)15-8(4)13/h1-22,36-45H,23-29H2;1-22,35-38H,23-28H2;6,9-11H,5H2,1-4H3/t36-,37?,38?,39?,40+,41?,42-;;6?,9-,10+,11?/m1.1/s1. The Morgan fingerprint density at radius 2 is 0.706 bits per heavy atom. The van der Waals surface area contributed by atoms with Crippen LogP contribution in [-0.2, 0) is 124 Å². The van der Waals surface area contributed by atoms with E-state index < -0.39 is 92.2 Å². The molecule has 2 saturated heterocycles. The SMILES string of the molecule is CC[C@H]1OC(OC(C)=O)[C@@H](OC(C)=O)C1C.OCC(OCc1ccccc1)C(OCc1ccccc1)C(COCc1ccc2ccccc2c1)OCc1ccccc1.OC[C@H]1O[C@@H](OCC(OCc2ccccc2)C(OCc2ccccc2)C(COCc2ccc3ccccc3c2)OCc2ccccc2)[C@@H](O)C1O. The molecule has 2 aliphatic heterocycles. The van der Waals surface area contributed by atoms with E-state index in [0.29, 0.717) is 39.6 Å². The van der Waals surface area contributed by atoms with E-state index in [1.807, 2.05) is 220 Å². The van der Waals surface area contributed by atoms with Gasteiger partial charge in [0, 0.05) is 19.8 Å². The van der Waals surface area contributed by atoms with Crippen LogP contribution in [0.1, 0.15) is 78.6 Å². The van der Waals surface area contributed by atoms with E-state index in [1.165, 1.54) is 24.6 Å². The fraction of sp³-hybridized carbons (Fsp3) is 0.356. The number of ether oxygens (including phenoxy) is 13. The normalized spacial score (nSPS) is 19.8. The second-order valence-electron chi connectivity index (χ2n) is 27.0. The minimum atomic E-state index is -1.35. The molecule has 12 rings (SSSR count). The number of rotatable bonds is 38. The Hall–Kier alpha value is -8.94. The first kappa shape index (κ1) is 82.6. The molecule has 0 spiro atoms. The van der Waals surface area contributed by atoms with E-state index in [9.17, 15) is 30.0 Å². The molecule has 2 heterocycles. The van der Waals surface area contributed by atoms with Gasteiger partial charge in [0.1, 0.15) is 54.9 Å². The number of hydrogen-bond acceptors (Lipinski definition) is 19. The van der Waals surface area contributed by atoms with Gasteiger partial charge in [-0.2, -0.15) is 0 Å². The molecule has 0 aromatic heterocycles. The Labute approximate surface area is 639 Å². The first-order valence-electron chi connectivity index (χ1n) is 37.2. The third kappa shape index (κ3) is 26.4. The summed E-state index contributed by atoms with van der Waals surface area (Å²) < 4.78 is 79.1. The zero-order valence-corrected chi connectivity index (χ0v) is 62.3.